The first kappa shape index (κ1) is 11.6. The molecule has 15 heavy (non-hydrogen) atoms. The minimum absolute atomic E-state index is 0.424. The van der Waals surface area contributed by atoms with Gasteiger partial charge in [-0.2, -0.15) is 0 Å². The molecule has 0 bridgehead atoms. The summed E-state index contributed by atoms with van der Waals surface area (Å²) in [4.78, 5) is 2.66. The fourth-order valence-corrected chi connectivity index (χ4v) is 1.62. The first-order valence-corrected chi connectivity index (χ1v) is 5.29. The van der Waals surface area contributed by atoms with Crippen molar-refractivity contribution < 1.29 is 0 Å². The number of aryl methyl sites for hydroxylation is 1. The van der Waals surface area contributed by atoms with Gasteiger partial charge in [-0.05, 0) is 46.1 Å². The van der Waals surface area contributed by atoms with E-state index in [4.69, 9.17) is 5.53 Å². The van der Waals surface area contributed by atoms with Gasteiger partial charge in [0, 0.05) is 27.9 Å². The summed E-state index contributed by atoms with van der Waals surface area (Å²) in [6, 6.07) is 6.01. The van der Waals surface area contributed by atoms with Crippen molar-refractivity contribution in [3.63, 3.8) is 0 Å². The molecule has 0 heterocycles. The molecule has 0 saturated heterocycles. The van der Waals surface area contributed by atoms with Crippen molar-refractivity contribution in [2.24, 2.45) is 5.11 Å². The van der Waals surface area contributed by atoms with Crippen molar-refractivity contribution >= 4 is 15.9 Å². The van der Waals surface area contributed by atoms with Gasteiger partial charge in [-0.3, -0.25) is 0 Å². The lowest BCUT2D eigenvalue weighted by atomic mass is 10.1. The Morgan fingerprint density at radius 3 is 3.00 bits per heavy atom. The molecule has 0 unspecified atom stereocenters. The number of benzene rings is 1. The summed E-state index contributed by atoms with van der Waals surface area (Å²) in [6.07, 6.45) is 0.588. The predicted molar refractivity (Wildman–Crippen MR) is 64.4 cm³/mol. The van der Waals surface area contributed by atoms with Crippen LogP contribution in [-0.2, 0) is 0 Å². The lowest BCUT2D eigenvalue weighted by Crippen LogP contribution is -1.80. The Bertz CT molecular complexity index is 451. The van der Waals surface area contributed by atoms with Crippen LogP contribution in [0.25, 0.3) is 10.4 Å². The van der Waals surface area contributed by atoms with Gasteiger partial charge in [0.25, 0.3) is 0 Å². The Kier molecular flexibility index (Phi) is 4.76. The van der Waals surface area contributed by atoms with Crippen LogP contribution in [0.3, 0.4) is 0 Å². The van der Waals surface area contributed by atoms with E-state index in [9.17, 15) is 0 Å². The first-order valence-electron chi connectivity index (χ1n) is 4.50. The third-order valence-corrected chi connectivity index (χ3v) is 2.40. The van der Waals surface area contributed by atoms with Crippen LogP contribution in [0.4, 0.5) is 0 Å². The summed E-state index contributed by atoms with van der Waals surface area (Å²) in [5.74, 6) is 5.97. The third kappa shape index (κ3) is 4.07. The van der Waals surface area contributed by atoms with Crippen molar-refractivity contribution in [1.82, 2.24) is 0 Å². The zero-order valence-corrected chi connectivity index (χ0v) is 9.95. The fourth-order valence-electron chi connectivity index (χ4n) is 1.03. The van der Waals surface area contributed by atoms with Crippen LogP contribution in [0.15, 0.2) is 27.8 Å². The van der Waals surface area contributed by atoms with Crippen LogP contribution in [0.5, 0.6) is 0 Å². The Morgan fingerprint density at radius 1 is 1.53 bits per heavy atom. The number of hydrogen-bond donors (Lipinski definition) is 0. The van der Waals surface area contributed by atoms with Crippen LogP contribution in [0.2, 0.25) is 0 Å². The molecule has 0 fully saturated rings. The second-order valence-corrected chi connectivity index (χ2v) is 3.84. The molecule has 0 N–H and O–H groups in total. The number of nitrogens with zero attached hydrogens (tertiary/aromatic N) is 3. The van der Waals surface area contributed by atoms with E-state index in [1.54, 1.807) is 0 Å². The van der Waals surface area contributed by atoms with Crippen molar-refractivity contribution in [1.29, 1.82) is 0 Å². The summed E-state index contributed by atoms with van der Waals surface area (Å²) < 4.78 is 0.999. The molecule has 4 heteroatoms. The molecule has 0 amide bonds. The fraction of sp³-hybridized carbons (Fsp3) is 0.273. The molecule has 76 valence electrons. The van der Waals surface area contributed by atoms with E-state index < -0.39 is 0 Å². The molecular formula is C11H10BrN3. The highest BCUT2D eigenvalue weighted by atomic mass is 79.9. The molecule has 0 aliphatic rings. The van der Waals surface area contributed by atoms with E-state index in [1.165, 1.54) is 5.56 Å². The summed E-state index contributed by atoms with van der Waals surface area (Å²) in [6.45, 7) is 2.45. The van der Waals surface area contributed by atoms with Gasteiger partial charge in [-0.1, -0.05) is 23.0 Å². The van der Waals surface area contributed by atoms with E-state index in [-0.39, 0.29) is 0 Å². The number of halogens is 1. The largest absolute Gasteiger partial charge is 0.0977 e. The van der Waals surface area contributed by atoms with E-state index in [0.29, 0.717) is 13.0 Å². The quantitative estimate of drug-likeness (QED) is 0.256. The van der Waals surface area contributed by atoms with Gasteiger partial charge in [0.2, 0.25) is 0 Å². The Balaban J connectivity index is 2.67. The standard InChI is InChI=1S/C11H10BrN3/c1-9-5-6-10(11(12)8-9)4-2-3-7-14-15-13/h5-6,8H,3,7H2,1H3. The summed E-state index contributed by atoms with van der Waals surface area (Å²) in [7, 11) is 0. The highest BCUT2D eigenvalue weighted by Gasteiger charge is 1.94. The van der Waals surface area contributed by atoms with Gasteiger partial charge in [-0.15, -0.1) is 0 Å². The highest BCUT2D eigenvalue weighted by molar-refractivity contribution is 9.10. The lowest BCUT2D eigenvalue weighted by molar-refractivity contribution is 1.01. The zero-order valence-electron chi connectivity index (χ0n) is 8.37. The lowest BCUT2D eigenvalue weighted by Gasteiger charge is -1.96. The molecule has 0 radical (unpaired) electrons. The zero-order chi connectivity index (χ0) is 11.1. The van der Waals surface area contributed by atoms with Crippen molar-refractivity contribution in [3.05, 3.63) is 44.2 Å². The molecule has 0 aliphatic carbocycles. The molecule has 1 rings (SSSR count). The maximum absolute atomic E-state index is 8.06. The average molecular weight is 264 g/mol. The average Bonchev–Trinajstić information content (AvgIpc) is 2.20. The van der Waals surface area contributed by atoms with Crippen LogP contribution < -0.4 is 0 Å². The second kappa shape index (κ2) is 6.13. The van der Waals surface area contributed by atoms with Crippen LogP contribution >= 0.6 is 15.9 Å². The van der Waals surface area contributed by atoms with Crippen LogP contribution in [-0.4, -0.2) is 6.54 Å². The number of hydrogen-bond acceptors (Lipinski definition) is 1. The molecule has 0 aliphatic heterocycles. The predicted octanol–water partition coefficient (Wildman–Crippen LogP) is 3.81. The maximum atomic E-state index is 8.06. The van der Waals surface area contributed by atoms with E-state index in [2.05, 4.69) is 37.8 Å². The van der Waals surface area contributed by atoms with Gasteiger partial charge < -0.3 is 0 Å². The first-order chi connectivity index (χ1) is 7.24. The van der Waals surface area contributed by atoms with Gasteiger partial charge >= 0.3 is 0 Å². The Labute approximate surface area is 97.3 Å². The van der Waals surface area contributed by atoms with E-state index in [0.717, 1.165) is 10.0 Å². The van der Waals surface area contributed by atoms with Crippen molar-refractivity contribution in [2.45, 2.75) is 13.3 Å². The van der Waals surface area contributed by atoms with Gasteiger partial charge in [0.05, 0.1) is 0 Å². The van der Waals surface area contributed by atoms with Crippen molar-refractivity contribution in [3.8, 4) is 11.8 Å². The molecule has 1 aromatic carbocycles. The third-order valence-electron chi connectivity index (χ3n) is 1.75. The summed E-state index contributed by atoms with van der Waals surface area (Å²) >= 11 is 3.45. The summed E-state index contributed by atoms with van der Waals surface area (Å²) in [5.41, 5.74) is 10.2. The molecule has 3 nitrogen and oxygen atoms in total. The van der Waals surface area contributed by atoms with E-state index >= 15 is 0 Å². The molecule has 0 spiro atoms. The van der Waals surface area contributed by atoms with Gasteiger partial charge in [0.1, 0.15) is 0 Å². The molecule has 0 saturated carbocycles. The second-order valence-electron chi connectivity index (χ2n) is 2.99. The SMILES string of the molecule is Cc1ccc(C#CCCN=[N+]=[N-])c(Br)c1. The monoisotopic (exact) mass is 263 g/mol. The smallest absolute Gasteiger partial charge is 0.0387 e. The minimum atomic E-state index is 0.424. The number of rotatable bonds is 2. The van der Waals surface area contributed by atoms with E-state index in [1.807, 2.05) is 25.1 Å². The molecule has 0 atom stereocenters. The molecule has 0 aromatic heterocycles. The molecular weight excluding hydrogens is 254 g/mol. The maximum Gasteiger partial charge on any atom is 0.0387 e. The summed E-state index contributed by atoms with van der Waals surface area (Å²) in [5, 5.41) is 3.41. The normalized spacial score (nSPS) is 8.67. The van der Waals surface area contributed by atoms with Gasteiger partial charge in [0.15, 0.2) is 0 Å². The van der Waals surface area contributed by atoms with Crippen LogP contribution in [0.1, 0.15) is 17.5 Å². The van der Waals surface area contributed by atoms with Crippen molar-refractivity contribution in [2.75, 3.05) is 6.54 Å². The van der Waals surface area contributed by atoms with Gasteiger partial charge in [-0.25, -0.2) is 0 Å². The Morgan fingerprint density at radius 2 is 2.33 bits per heavy atom. The minimum Gasteiger partial charge on any atom is -0.0977 e. The highest BCUT2D eigenvalue weighted by Crippen LogP contribution is 2.16. The topological polar surface area (TPSA) is 48.8 Å². The Hall–Kier alpha value is -1.43. The molecule has 1 aromatic rings. The van der Waals surface area contributed by atoms with Crippen LogP contribution in [0, 0.1) is 18.8 Å². The number of azide groups is 1.